The Morgan fingerprint density at radius 2 is 2.31 bits per heavy atom. The molecule has 0 radical (unpaired) electrons. The van der Waals surface area contributed by atoms with E-state index in [0.29, 0.717) is 11.6 Å². The van der Waals surface area contributed by atoms with Gasteiger partial charge in [0.15, 0.2) is 5.69 Å². The van der Waals surface area contributed by atoms with E-state index in [1.54, 1.807) is 0 Å². The molecule has 1 aromatic carbocycles. The van der Waals surface area contributed by atoms with E-state index in [4.69, 9.17) is 10.8 Å². The van der Waals surface area contributed by atoms with Gasteiger partial charge in [0.2, 0.25) is 0 Å². The van der Waals surface area contributed by atoms with Gasteiger partial charge in [-0.05, 0) is 11.6 Å². The molecular formula is C11H10N2O2S. The van der Waals surface area contributed by atoms with Gasteiger partial charge >= 0.3 is 5.97 Å². The second kappa shape index (κ2) is 4.42. The summed E-state index contributed by atoms with van der Waals surface area (Å²) in [4.78, 5) is 14.7. The van der Waals surface area contributed by atoms with Gasteiger partial charge in [-0.15, -0.1) is 11.3 Å². The summed E-state index contributed by atoms with van der Waals surface area (Å²) in [5.41, 5.74) is 7.53. The highest BCUT2D eigenvalue weighted by molar-refractivity contribution is 7.13. The lowest BCUT2D eigenvalue weighted by atomic mass is 10.1. The van der Waals surface area contributed by atoms with Crippen LogP contribution in [0.2, 0.25) is 0 Å². The fourth-order valence-electron chi connectivity index (χ4n) is 1.34. The third kappa shape index (κ3) is 2.10. The van der Waals surface area contributed by atoms with Gasteiger partial charge in [0.25, 0.3) is 0 Å². The summed E-state index contributed by atoms with van der Waals surface area (Å²) >= 11 is 1.32. The van der Waals surface area contributed by atoms with E-state index in [2.05, 4.69) is 4.98 Å². The summed E-state index contributed by atoms with van der Waals surface area (Å²) in [5, 5.41) is 11.0. The lowest BCUT2D eigenvalue weighted by molar-refractivity contribution is 0.0691. The molecule has 2 aromatic rings. The summed E-state index contributed by atoms with van der Waals surface area (Å²) in [7, 11) is 0. The molecule has 0 amide bonds. The van der Waals surface area contributed by atoms with Crippen molar-refractivity contribution in [2.24, 2.45) is 5.73 Å². The third-order valence-corrected chi connectivity index (χ3v) is 3.02. The molecule has 16 heavy (non-hydrogen) atoms. The molecule has 0 fully saturated rings. The molecule has 0 spiro atoms. The molecule has 4 nitrogen and oxygen atoms in total. The molecule has 2 rings (SSSR count). The molecule has 0 aliphatic rings. The normalized spacial score (nSPS) is 10.3. The zero-order valence-electron chi connectivity index (χ0n) is 8.38. The molecule has 82 valence electrons. The highest BCUT2D eigenvalue weighted by atomic mass is 32.1. The van der Waals surface area contributed by atoms with Gasteiger partial charge in [-0.1, -0.05) is 18.2 Å². The van der Waals surface area contributed by atoms with Crippen LogP contribution in [0.25, 0.3) is 10.6 Å². The highest BCUT2D eigenvalue weighted by Gasteiger charge is 2.09. The number of hydrogen-bond acceptors (Lipinski definition) is 4. The van der Waals surface area contributed by atoms with Crippen molar-refractivity contribution in [2.75, 3.05) is 0 Å². The third-order valence-electron chi connectivity index (χ3n) is 2.13. The van der Waals surface area contributed by atoms with E-state index in [1.807, 2.05) is 24.3 Å². The van der Waals surface area contributed by atoms with Crippen molar-refractivity contribution < 1.29 is 9.90 Å². The molecule has 0 saturated heterocycles. The summed E-state index contributed by atoms with van der Waals surface area (Å²) in [6.45, 7) is 0.463. The first kappa shape index (κ1) is 10.8. The number of nitrogens with two attached hydrogens (primary N) is 1. The number of thiazole rings is 1. The number of hydrogen-bond donors (Lipinski definition) is 2. The predicted octanol–water partition coefficient (Wildman–Crippen LogP) is 1.97. The monoisotopic (exact) mass is 234 g/mol. The number of carbonyl (C=O) groups is 1. The van der Waals surface area contributed by atoms with E-state index in [0.717, 1.165) is 11.1 Å². The van der Waals surface area contributed by atoms with Gasteiger partial charge in [-0.25, -0.2) is 9.78 Å². The van der Waals surface area contributed by atoms with Crippen molar-refractivity contribution in [1.82, 2.24) is 4.98 Å². The second-order valence-electron chi connectivity index (χ2n) is 3.25. The average Bonchev–Trinajstić information content (AvgIpc) is 2.78. The number of nitrogens with zero attached hydrogens (tertiary/aromatic N) is 1. The van der Waals surface area contributed by atoms with Gasteiger partial charge in [-0.3, -0.25) is 0 Å². The SMILES string of the molecule is NCc1cccc(-c2nc(C(=O)O)cs2)c1. The molecule has 0 atom stereocenters. The number of rotatable bonds is 3. The molecule has 5 heteroatoms. The van der Waals surface area contributed by atoms with Crippen LogP contribution in [0.3, 0.4) is 0 Å². The first-order valence-electron chi connectivity index (χ1n) is 4.69. The first-order chi connectivity index (χ1) is 7.70. The smallest absolute Gasteiger partial charge is 0.355 e. The molecular weight excluding hydrogens is 224 g/mol. The summed E-state index contributed by atoms with van der Waals surface area (Å²) in [6.07, 6.45) is 0. The van der Waals surface area contributed by atoms with Crippen LogP contribution in [0, 0.1) is 0 Å². The average molecular weight is 234 g/mol. The van der Waals surface area contributed by atoms with Crippen LogP contribution in [-0.2, 0) is 6.54 Å². The minimum atomic E-state index is -1.00. The maximum absolute atomic E-state index is 10.7. The largest absolute Gasteiger partial charge is 0.476 e. The Kier molecular flexibility index (Phi) is 2.98. The Labute approximate surface area is 96.4 Å². The van der Waals surface area contributed by atoms with Gasteiger partial charge < -0.3 is 10.8 Å². The maximum Gasteiger partial charge on any atom is 0.355 e. The van der Waals surface area contributed by atoms with Crippen LogP contribution in [0.15, 0.2) is 29.6 Å². The summed E-state index contributed by atoms with van der Waals surface area (Å²) in [5.74, 6) is -1.00. The topological polar surface area (TPSA) is 76.2 Å². The Balaban J connectivity index is 2.38. The zero-order chi connectivity index (χ0) is 11.5. The molecule has 1 heterocycles. The van der Waals surface area contributed by atoms with Crippen molar-refractivity contribution in [1.29, 1.82) is 0 Å². The molecule has 0 unspecified atom stereocenters. The van der Waals surface area contributed by atoms with E-state index < -0.39 is 5.97 Å². The van der Waals surface area contributed by atoms with E-state index in [-0.39, 0.29) is 5.69 Å². The molecule has 1 aromatic heterocycles. The number of benzene rings is 1. The number of aromatic nitrogens is 1. The van der Waals surface area contributed by atoms with E-state index in [1.165, 1.54) is 16.7 Å². The first-order valence-corrected chi connectivity index (χ1v) is 5.57. The number of carboxylic acids is 1. The Bertz CT molecular complexity index is 522. The van der Waals surface area contributed by atoms with Gasteiger partial charge in [0, 0.05) is 17.5 Å². The van der Waals surface area contributed by atoms with Crippen LogP contribution in [0.1, 0.15) is 16.1 Å². The lowest BCUT2D eigenvalue weighted by Crippen LogP contribution is -1.97. The van der Waals surface area contributed by atoms with Gasteiger partial charge in [0.05, 0.1) is 0 Å². The van der Waals surface area contributed by atoms with Crippen molar-refractivity contribution in [3.05, 3.63) is 40.9 Å². The fourth-order valence-corrected chi connectivity index (χ4v) is 2.13. The molecule has 3 N–H and O–H groups in total. The lowest BCUT2D eigenvalue weighted by Gasteiger charge is -1.99. The second-order valence-corrected chi connectivity index (χ2v) is 4.11. The summed E-state index contributed by atoms with van der Waals surface area (Å²) in [6, 6.07) is 7.63. The fraction of sp³-hybridized carbons (Fsp3) is 0.0909. The van der Waals surface area contributed by atoms with Gasteiger partial charge in [-0.2, -0.15) is 0 Å². The Morgan fingerprint density at radius 3 is 2.94 bits per heavy atom. The minimum Gasteiger partial charge on any atom is -0.476 e. The van der Waals surface area contributed by atoms with Crippen LogP contribution in [0.4, 0.5) is 0 Å². The predicted molar refractivity (Wildman–Crippen MR) is 62.4 cm³/mol. The van der Waals surface area contributed by atoms with Crippen LogP contribution in [-0.4, -0.2) is 16.1 Å². The minimum absolute atomic E-state index is 0.0816. The van der Waals surface area contributed by atoms with Crippen LogP contribution >= 0.6 is 11.3 Å². The molecule has 0 saturated carbocycles. The Morgan fingerprint density at radius 1 is 1.50 bits per heavy atom. The molecule has 0 aliphatic carbocycles. The van der Waals surface area contributed by atoms with Crippen molar-refractivity contribution in [3.8, 4) is 10.6 Å². The van der Waals surface area contributed by atoms with Crippen molar-refractivity contribution in [3.63, 3.8) is 0 Å². The van der Waals surface area contributed by atoms with Crippen molar-refractivity contribution in [2.45, 2.75) is 6.54 Å². The molecule has 0 bridgehead atoms. The summed E-state index contributed by atoms with van der Waals surface area (Å²) < 4.78 is 0. The number of aromatic carboxylic acids is 1. The van der Waals surface area contributed by atoms with E-state index >= 15 is 0 Å². The van der Waals surface area contributed by atoms with Crippen LogP contribution < -0.4 is 5.73 Å². The maximum atomic E-state index is 10.7. The standard InChI is InChI=1S/C11H10N2O2S/c12-5-7-2-1-3-8(4-7)10-13-9(6-16-10)11(14)15/h1-4,6H,5,12H2,(H,14,15). The van der Waals surface area contributed by atoms with Crippen LogP contribution in [0.5, 0.6) is 0 Å². The van der Waals surface area contributed by atoms with Crippen molar-refractivity contribution >= 4 is 17.3 Å². The zero-order valence-corrected chi connectivity index (χ0v) is 9.20. The highest BCUT2D eigenvalue weighted by Crippen LogP contribution is 2.24. The molecule has 0 aliphatic heterocycles. The number of carboxylic acid groups (broad SMARTS) is 1. The van der Waals surface area contributed by atoms with Gasteiger partial charge in [0.1, 0.15) is 5.01 Å². The Hall–Kier alpha value is -1.72. The van der Waals surface area contributed by atoms with E-state index in [9.17, 15) is 4.79 Å². The quantitative estimate of drug-likeness (QED) is 0.851.